The predicted molar refractivity (Wildman–Crippen MR) is 78.0 cm³/mol. The van der Waals surface area contributed by atoms with Crippen LogP contribution in [0.15, 0.2) is 18.0 Å². The highest BCUT2D eigenvalue weighted by atomic mass is 15.3. The van der Waals surface area contributed by atoms with Gasteiger partial charge in [-0.1, -0.05) is 18.6 Å². The number of hydrogen-bond acceptors (Lipinski definition) is 3. The van der Waals surface area contributed by atoms with Crippen LogP contribution in [0.2, 0.25) is 0 Å². The van der Waals surface area contributed by atoms with Crippen LogP contribution in [0.5, 0.6) is 0 Å². The van der Waals surface area contributed by atoms with Gasteiger partial charge in [-0.25, -0.2) is 0 Å². The lowest BCUT2D eigenvalue weighted by molar-refractivity contribution is 0.236. The lowest BCUT2D eigenvalue weighted by atomic mass is 10.0. The van der Waals surface area contributed by atoms with Crippen LogP contribution in [0.3, 0.4) is 0 Å². The maximum absolute atomic E-state index is 4.18. The monoisotopic (exact) mass is 262 g/mol. The van der Waals surface area contributed by atoms with Gasteiger partial charge < -0.3 is 9.47 Å². The fourth-order valence-corrected chi connectivity index (χ4v) is 2.65. The quantitative estimate of drug-likeness (QED) is 0.765. The molecule has 1 unspecified atom stereocenters. The third-order valence-electron chi connectivity index (χ3n) is 3.79. The summed E-state index contributed by atoms with van der Waals surface area (Å²) in [5.74, 6) is 1.90. The number of nitrogens with zero attached hydrogens (tertiary/aromatic N) is 4. The van der Waals surface area contributed by atoms with Crippen LogP contribution < -0.4 is 0 Å². The van der Waals surface area contributed by atoms with Gasteiger partial charge >= 0.3 is 0 Å². The molecule has 0 bridgehead atoms. The molecule has 0 aliphatic carbocycles. The molecule has 2 rings (SSSR count). The second-order valence-electron chi connectivity index (χ2n) is 5.96. The van der Waals surface area contributed by atoms with Crippen molar-refractivity contribution in [3.05, 3.63) is 23.8 Å². The van der Waals surface area contributed by atoms with Gasteiger partial charge in [0.05, 0.1) is 0 Å². The van der Waals surface area contributed by atoms with E-state index in [0.29, 0.717) is 0 Å². The molecular formula is C15H26N4. The van der Waals surface area contributed by atoms with Gasteiger partial charge in [-0.15, -0.1) is 10.2 Å². The second kappa shape index (κ2) is 6.85. The maximum Gasteiger partial charge on any atom is 0.134 e. The molecule has 1 aromatic heterocycles. The predicted octanol–water partition coefficient (Wildman–Crippen LogP) is 2.52. The Morgan fingerprint density at radius 2 is 2.21 bits per heavy atom. The first-order chi connectivity index (χ1) is 9.15. The Morgan fingerprint density at radius 3 is 3.00 bits per heavy atom. The number of aromatic nitrogens is 3. The van der Waals surface area contributed by atoms with E-state index in [1.807, 2.05) is 6.33 Å². The average molecular weight is 262 g/mol. The highest BCUT2D eigenvalue weighted by Crippen LogP contribution is 2.12. The molecule has 0 aromatic carbocycles. The fourth-order valence-electron chi connectivity index (χ4n) is 2.65. The van der Waals surface area contributed by atoms with Crippen molar-refractivity contribution in [1.82, 2.24) is 19.7 Å². The summed E-state index contributed by atoms with van der Waals surface area (Å²) in [6, 6.07) is 0. The second-order valence-corrected chi connectivity index (χ2v) is 5.96. The zero-order valence-electron chi connectivity index (χ0n) is 12.5. The van der Waals surface area contributed by atoms with E-state index in [9.17, 15) is 0 Å². The van der Waals surface area contributed by atoms with E-state index >= 15 is 0 Å². The van der Waals surface area contributed by atoms with Gasteiger partial charge in [0.1, 0.15) is 12.2 Å². The lowest BCUT2D eigenvalue weighted by Gasteiger charge is -2.23. The third-order valence-corrected chi connectivity index (χ3v) is 3.79. The smallest absolute Gasteiger partial charge is 0.134 e. The molecule has 0 saturated heterocycles. The first-order valence-electron chi connectivity index (χ1n) is 7.37. The van der Waals surface area contributed by atoms with Gasteiger partial charge in [0.15, 0.2) is 0 Å². The summed E-state index contributed by atoms with van der Waals surface area (Å²) in [5.41, 5.74) is 1.43. The van der Waals surface area contributed by atoms with Crippen molar-refractivity contribution in [2.75, 3.05) is 19.6 Å². The van der Waals surface area contributed by atoms with Gasteiger partial charge in [-0.2, -0.15) is 0 Å². The number of fused-ring (bicyclic) bond motifs is 1. The van der Waals surface area contributed by atoms with Crippen molar-refractivity contribution in [2.24, 2.45) is 5.92 Å². The Kier molecular flexibility index (Phi) is 5.14. The van der Waals surface area contributed by atoms with E-state index in [2.05, 4.69) is 46.5 Å². The van der Waals surface area contributed by atoms with Crippen LogP contribution in [0.1, 0.15) is 39.4 Å². The first kappa shape index (κ1) is 14.3. The van der Waals surface area contributed by atoms with Gasteiger partial charge in [0.25, 0.3) is 0 Å². The maximum atomic E-state index is 4.18. The van der Waals surface area contributed by atoms with Crippen molar-refractivity contribution in [2.45, 2.75) is 46.6 Å². The molecule has 0 spiro atoms. The number of allylic oxidation sites excluding steroid dienone is 2. The molecule has 0 fully saturated rings. The molecular weight excluding hydrogens is 236 g/mol. The van der Waals surface area contributed by atoms with E-state index in [-0.39, 0.29) is 0 Å². The fraction of sp³-hybridized carbons (Fsp3) is 0.733. The van der Waals surface area contributed by atoms with Gasteiger partial charge in [-0.05, 0) is 32.6 Å². The molecule has 1 aliphatic rings. The van der Waals surface area contributed by atoms with Crippen molar-refractivity contribution in [3.63, 3.8) is 0 Å². The minimum atomic E-state index is 0.763. The number of hydrogen-bond donors (Lipinski definition) is 0. The van der Waals surface area contributed by atoms with Crippen molar-refractivity contribution < 1.29 is 0 Å². The highest BCUT2D eigenvalue weighted by Gasteiger charge is 2.16. The summed E-state index contributed by atoms with van der Waals surface area (Å²) in [5, 5.41) is 8.15. The third kappa shape index (κ3) is 4.46. The molecule has 0 radical (unpaired) electrons. The van der Waals surface area contributed by atoms with Gasteiger partial charge in [0.2, 0.25) is 0 Å². The van der Waals surface area contributed by atoms with Crippen molar-refractivity contribution in [1.29, 1.82) is 0 Å². The molecule has 4 heteroatoms. The molecule has 0 saturated carbocycles. The van der Waals surface area contributed by atoms with E-state index in [1.54, 1.807) is 0 Å². The minimum Gasteiger partial charge on any atom is -0.316 e. The normalized spacial score (nSPS) is 17.6. The van der Waals surface area contributed by atoms with E-state index < -0.39 is 0 Å². The Morgan fingerprint density at radius 1 is 1.37 bits per heavy atom. The minimum absolute atomic E-state index is 0.763. The van der Waals surface area contributed by atoms with Crippen LogP contribution in [-0.4, -0.2) is 39.3 Å². The Bertz CT molecular complexity index is 395. The van der Waals surface area contributed by atoms with E-state index in [0.717, 1.165) is 37.8 Å². The summed E-state index contributed by atoms with van der Waals surface area (Å²) in [6.45, 7) is 11.2. The summed E-state index contributed by atoms with van der Waals surface area (Å²) in [6.07, 6.45) is 7.73. The molecule has 1 aliphatic heterocycles. The summed E-state index contributed by atoms with van der Waals surface area (Å²) >= 11 is 0. The van der Waals surface area contributed by atoms with Gasteiger partial charge in [0, 0.05) is 32.6 Å². The molecule has 1 atom stereocenters. The Hall–Kier alpha value is -1.16. The van der Waals surface area contributed by atoms with Crippen molar-refractivity contribution >= 4 is 0 Å². The van der Waals surface area contributed by atoms with E-state index in [4.69, 9.17) is 0 Å². The molecule has 1 aromatic rings. The molecule has 0 amide bonds. The van der Waals surface area contributed by atoms with Crippen molar-refractivity contribution in [3.8, 4) is 0 Å². The number of rotatable bonds is 5. The molecule has 106 valence electrons. The van der Waals surface area contributed by atoms with Crippen LogP contribution in [0.25, 0.3) is 0 Å². The first-order valence-corrected chi connectivity index (χ1v) is 7.37. The van der Waals surface area contributed by atoms with Crippen LogP contribution >= 0.6 is 0 Å². The largest absolute Gasteiger partial charge is 0.316 e. The van der Waals surface area contributed by atoms with E-state index in [1.165, 1.54) is 25.0 Å². The van der Waals surface area contributed by atoms with Crippen LogP contribution in [0, 0.1) is 5.92 Å². The van der Waals surface area contributed by atoms with Crippen LogP contribution in [0.4, 0.5) is 0 Å². The Labute approximate surface area is 116 Å². The van der Waals surface area contributed by atoms with Gasteiger partial charge in [-0.3, -0.25) is 0 Å². The summed E-state index contributed by atoms with van der Waals surface area (Å²) in [4.78, 5) is 2.57. The molecule has 19 heavy (non-hydrogen) atoms. The Balaban J connectivity index is 1.75. The lowest BCUT2D eigenvalue weighted by Crippen LogP contribution is -2.31. The highest BCUT2D eigenvalue weighted by molar-refractivity contribution is 4.93. The topological polar surface area (TPSA) is 34.0 Å². The standard InChI is InChI=1S/C15H26N4/c1-13(2)5-4-6-14(3)11-18-8-7-15-17-16-12-19(15)10-9-18/h5,12,14H,4,6-11H2,1-3H3. The zero-order chi connectivity index (χ0) is 13.7. The molecule has 4 nitrogen and oxygen atoms in total. The summed E-state index contributed by atoms with van der Waals surface area (Å²) < 4.78 is 2.19. The van der Waals surface area contributed by atoms with Crippen LogP contribution in [-0.2, 0) is 13.0 Å². The average Bonchev–Trinajstić information content (AvgIpc) is 2.72. The zero-order valence-corrected chi connectivity index (χ0v) is 12.5. The SMILES string of the molecule is CC(C)=CCCC(C)CN1CCc2nncn2CC1. The summed E-state index contributed by atoms with van der Waals surface area (Å²) in [7, 11) is 0. The molecule has 2 heterocycles. The molecule has 0 N–H and O–H groups in total.